The van der Waals surface area contributed by atoms with Crippen molar-refractivity contribution < 1.29 is 4.79 Å². The van der Waals surface area contributed by atoms with Crippen molar-refractivity contribution in [1.82, 2.24) is 15.1 Å². The maximum atomic E-state index is 12.4. The Kier molecular flexibility index (Phi) is 4.05. The van der Waals surface area contributed by atoms with Gasteiger partial charge in [-0.05, 0) is 39.4 Å². The molecule has 2 aliphatic rings. The standard InChI is InChI=1S/C13H25N3O/c1-10-8-16(9-12(10)15(2)3)13(17)11-6-4-5-7-14-11/h10-12,14H,4-9H2,1-3H3/t10?,11-,12?/m0/s1. The molecule has 2 heterocycles. The van der Waals surface area contributed by atoms with Crippen molar-refractivity contribution >= 4 is 5.91 Å². The van der Waals surface area contributed by atoms with Crippen LogP contribution in [0, 0.1) is 5.92 Å². The predicted molar refractivity (Wildman–Crippen MR) is 68.9 cm³/mol. The fraction of sp³-hybridized carbons (Fsp3) is 0.923. The third-order valence-corrected chi connectivity index (χ3v) is 4.16. The van der Waals surface area contributed by atoms with E-state index < -0.39 is 0 Å². The quantitative estimate of drug-likeness (QED) is 0.764. The van der Waals surface area contributed by atoms with Crippen molar-refractivity contribution in [2.24, 2.45) is 5.92 Å². The highest BCUT2D eigenvalue weighted by molar-refractivity contribution is 5.82. The Bertz CT molecular complexity index is 274. The van der Waals surface area contributed by atoms with Crippen LogP contribution in [0.25, 0.3) is 0 Å². The fourth-order valence-corrected chi connectivity index (χ4v) is 3.08. The molecule has 2 unspecified atom stereocenters. The smallest absolute Gasteiger partial charge is 0.239 e. The van der Waals surface area contributed by atoms with Gasteiger partial charge in [-0.25, -0.2) is 0 Å². The molecule has 2 saturated heterocycles. The Labute approximate surface area is 104 Å². The Morgan fingerprint density at radius 2 is 2.06 bits per heavy atom. The van der Waals surface area contributed by atoms with E-state index in [4.69, 9.17) is 0 Å². The molecule has 1 amide bonds. The zero-order valence-electron chi connectivity index (χ0n) is 11.3. The topological polar surface area (TPSA) is 35.6 Å². The third kappa shape index (κ3) is 2.80. The second-order valence-corrected chi connectivity index (χ2v) is 5.75. The SMILES string of the molecule is CC1CN(C(=O)[C@@H]2CCCCN2)CC1N(C)C. The average Bonchev–Trinajstić information content (AvgIpc) is 2.71. The monoisotopic (exact) mass is 239 g/mol. The van der Waals surface area contributed by atoms with E-state index in [1.807, 2.05) is 0 Å². The molecule has 0 bridgehead atoms. The maximum absolute atomic E-state index is 12.4. The van der Waals surface area contributed by atoms with Gasteiger partial charge < -0.3 is 15.1 Å². The Balaban J connectivity index is 1.92. The number of carbonyl (C=O) groups excluding carboxylic acids is 1. The highest BCUT2D eigenvalue weighted by atomic mass is 16.2. The van der Waals surface area contributed by atoms with Crippen molar-refractivity contribution in [3.8, 4) is 0 Å². The van der Waals surface area contributed by atoms with Gasteiger partial charge in [0.2, 0.25) is 5.91 Å². The van der Waals surface area contributed by atoms with Gasteiger partial charge in [-0.15, -0.1) is 0 Å². The fourth-order valence-electron chi connectivity index (χ4n) is 3.08. The predicted octanol–water partition coefficient (Wildman–Crippen LogP) is 0.537. The van der Waals surface area contributed by atoms with Gasteiger partial charge in [0.15, 0.2) is 0 Å². The molecule has 4 nitrogen and oxygen atoms in total. The summed E-state index contributed by atoms with van der Waals surface area (Å²) in [5.41, 5.74) is 0. The molecule has 4 heteroatoms. The summed E-state index contributed by atoms with van der Waals surface area (Å²) in [4.78, 5) is 16.7. The maximum Gasteiger partial charge on any atom is 0.239 e. The van der Waals surface area contributed by atoms with E-state index in [9.17, 15) is 4.79 Å². The van der Waals surface area contributed by atoms with Gasteiger partial charge in [0.1, 0.15) is 0 Å². The lowest BCUT2D eigenvalue weighted by Crippen LogP contribution is -2.48. The number of nitrogens with zero attached hydrogens (tertiary/aromatic N) is 2. The first-order chi connectivity index (χ1) is 8.09. The van der Waals surface area contributed by atoms with Gasteiger partial charge in [0.05, 0.1) is 6.04 Å². The van der Waals surface area contributed by atoms with Crippen LogP contribution in [0.1, 0.15) is 26.2 Å². The van der Waals surface area contributed by atoms with E-state index in [2.05, 4.69) is 36.1 Å². The first kappa shape index (κ1) is 12.8. The van der Waals surface area contributed by atoms with Crippen LogP contribution in [0.3, 0.4) is 0 Å². The molecule has 1 N–H and O–H groups in total. The first-order valence-corrected chi connectivity index (χ1v) is 6.78. The summed E-state index contributed by atoms with van der Waals surface area (Å²) < 4.78 is 0. The molecule has 2 fully saturated rings. The molecule has 2 rings (SSSR count). The van der Waals surface area contributed by atoms with E-state index in [1.54, 1.807) is 0 Å². The number of rotatable bonds is 2. The average molecular weight is 239 g/mol. The van der Waals surface area contributed by atoms with Gasteiger partial charge in [-0.2, -0.15) is 0 Å². The number of amides is 1. The normalized spacial score (nSPS) is 34.4. The molecule has 0 aromatic heterocycles. The molecule has 0 aromatic carbocycles. The van der Waals surface area contributed by atoms with Crippen molar-refractivity contribution in [3.05, 3.63) is 0 Å². The van der Waals surface area contributed by atoms with Crippen LogP contribution in [-0.4, -0.2) is 61.5 Å². The minimum absolute atomic E-state index is 0.0804. The molecule has 98 valence electrons. The Morgan fingerprint density at radius 1 is 1.29 bits per heavy atom. The van der Waals surface area contributed by atoms with Crippen molar-refractivity contribution in [2.75, 3.05) is 33.7 Å². The van der Waals surface area contributed by atoms with Crippen LogP contribution < -0.4 is 5.32 Å². The molecular formula is C13H25N3O. The van der Waals surface area contributed by atoms with E-state index in [0.717, 1.165) is 26.1 Å². The molecule has 0 saturated carbocycles. The summed E-state index contributed by atoms with van der Waals surface area (Å²) in [5.74, 6) is 0.901. The molecule has 17 heavy (non-hydrogen) atoms. The van der Waals surface area contributed by atoms with E-state index in [0.29, 0.717) is 17.9 Å². The minimum Gasteiger partial charge on any atom is -0.339 e. The summed E-state index contributed by atoms with van der Waals surface area (Å²) in [5, 5.41) is 3.35. The number of hydrogen-bond acceptors (Lipinski definition) is 3. The van der Waals surface area contributed by atoms with Crippen LogP contribution in [-0.2, 0) is 4.79 Å². The summed E-state index contributed by atoms with van der Waals surface area (Å²) in [6.45, 7) is 5.05. The number of carbonyl (C=O) groups is 1. The van der Waals surface area contributed by atoms with E-state index in [-0.39, 0.29) is 6.04 Å². The van der Waals surface area contributed by atoms with Crippen LogP contribution in [0.15, 0.2) is 0 Å². The lowest BCUT2D eigenvalue weighted by atomic mass is 10.0. The van der Waals surface area contributed by atoms with Crippen LogP contribution in [0.4, 0.5) is 0 Å². The van der Waals surface area contributed by atoms with E-state index in [1.165, 1.54) is 12.8 Å². The number of piperidine rings is 1. The second kappa shape index (κ2) is 5.36. The van der Waals surface area contributed by atoms with Crippen molar-refractivity contribution in [3.63, 3.8) is 0 Å². The van der Waals surface area contributed by atoms with Gasteiger partial charge in [-0.3, -0.25) is 4.79 Å². The summed E-state index contributed by atoms with van der Waals surface area (Å²) >= 11 is 0. The molecule has 0 aliphatic carbocycles. The van der Waals surface area contributed by atoms with Crippen molar-refractivity contribution in [2.45, 2.75) is 38.3 Å². The van der Waals surface area contributed by atoms with Gasteiger partial charge in [0, 0.05) is 19.1 Å². The summed E-state index contributed by atoms with van der Waals surface area (Å²) in [6.07, 6.45) is 3.40. The van der Waals surface area contributed by atoms with Crippen LogP contribution in [0.5, 0.6) is 0 Å². The van der Waals surface area contributed by atoms with Gasteiger partial charge in [0.25, 0.3) is 0 Å². The molecule has 0 radical (unpaired) electrons. The zero-order chi connectivity index (χ0) is 12.4. The highest BCUT2D eigenvalue weighted by Crippen LogP contribution is 2.22. The molecule has 0 spiro atoms. The highest BCUT2D eigenvalue weighted by Gasteiger charge is 2.36. The summed E-state index contributed by atoms with van der Waals surface area (Å²) in [7, 11) is 4.21. The number of likely N-dealkylation sites (tertiary alicyclic amines) is 1. The molecule has 0 aromatic rings. The van der Waals surface area contributed by atoms with Gasteiger partial charge >= 0.3 is 0 Å². The number of likely N-dealkylation sites (N-methyl/N-ethyl adjacent to an activating group) is 1. The van der Waals surface area contributed by atoms with E-state index >= 15 is 0 Å². The minimum atomic E-state index is 0.0804. The molecular weight excluding hydrogens is 214 g/mol. The number of nitrogens with one attached hydrogen (secondary N) is 1. The van der Waals surface area contributed by atoms with Crippen molar-refractivity contribution in [1.29, 1.82) is 0 Å². The Hall–Kier alpha value is -0.610. The second-order valence-electron chi connectivity index (χ2n) is 5.75. The molecule has 3 atom stereocenters. The third-order valence-electron chi connectivity index (χ3n) is 4.16. The largest absolute Gasteiger partial charge is 0.339 e. The lowest BCUT2D eigenvalue weighted by molar-refractivity contribution is -0.133. The lowest BCUT2D eigenvalue weighted by Gasteiger charge is -2.27. The van der Waals surface area contributed by atoms with Gasteiger partial charge in [-0.1, -0.05) is 13.3 Å². The number of hydrogen-bond donors (Lipinski definition) is 1. The summed E-state index contributed by atoms with van der Waals surface area (Å²) in [6, 6.07) is 0.597. The molecule has 2 aliphatic heterocycles. The first-order valence-electron chi connectivity index (χ1n) is 6.78. The van der Waals surface area contributed by atoms with Crippen LogP contribution >= 0.6 is 0 Å². The zero-order valence-corrected chi connectivity index (χ0v) is 11.3. The van der Waals surface area contributed by atoms with Crippen LogP contribution in [0.2, 0.25) is 0 Å². The Morgan fingerprint density at radius 3 is 2.59 bits per heavy atom.